The van der Waals surface area contributed by atoms with Crippen LogP contribution in [0.3, 0.4) is 0 Å². The lowest BCUT2D eigenvalue weighted by Crippen LogP contribution is -2.38. The van der Waals surface area contributed by atoms with Crippen molar-refractivity contribution < 1.29 is 4.79 Å². The van der Waals surface area contributed by atoms with E-state index in [2.05, 4.69) is 22.9 Å². The van der Waals surface area contributed by atoms with E-state index in [0.717, 1.165) is 36.3 Å². The van der Waals surface area contributed by atoms with Crippen LogP contribution < -0.4 is 0 Å². The Morgan fingerprint density at radius 3 is 2.74 bits per heavy atom. The Kier molecular flexibility index (Phi) is 5.28. The van der Waals surface area contributed by atoms with Gasteiger partial charge in [0, 0.05) is 17.6 Å². The van der Waals surface area contributed by atoms with Crippen molar-refractivity contribution in [2.75, 3.05) is 13.1 Å². The number of hydrogen-bond acceptors (Lipinski definition) is 1. The summed E-state index contributed by atoms with van der Waals surface area (Å²) in [4.78, 5) is 14.4. The lowest BCUT2D eigenvalue weighted by molar-refractivity contribution is 0.0686. The maximum atomic E-state index is 12.5. The lowest BCUT2D eigenvalue weighted by Gasteiger charge is -2.32. The molecule has 1 aliphatic heterocycles. The molecule has 19 heavy (non-hydrogen) atoms. The Morgan fingerprint density at radius 2 is 2.11 bits per heavy atom. The Morgan fingerprint density at radius 1 is 1.42 bits per heavy atom. The first kappa shape index (κ1) is 14.9. The van der Waals surface area contributed by atoms with Crippen molar-refractivity contribution in [1.82, 2.24) is 4.90 Å². The first-order valence-corrected chi connectivity index (χ1v) is 8.03. The van der Waals surface area contributed by atoms with Crippen molar-refractivity contribution in [3.63, 3.8) is 0 Å². The fourth-order valence-corrected chi connectivity index (χ4v) is 3.25. The second-order valence-corrected chi connectivity index (χ2v) is 6.36. The van der Waals surface area contributed by atoms with Gasteiger partial charge in [-0.2, -0.15) is 0 Å². The van der Waals surface area contributed by atoms with E-state index < -0.39 is 0 Å². The summed E-state index contributed by atoms with van der Waals surface area (Å²) in [5, 5.41) is 0.517. The molecule has 0 N–H and O–H groups in total. The van der Waals surface area contributed by atoms with Crippen LogP contribution in [-0.4, -0.2) is 23.9 Å². The fourth-order valence-electron chi connectivity index (χ4n) is 2.67. The number of halogens is 2. The number of carbonyl (C=O) groups excluding carboxylic acids is 1. The molecule has 1 aromatic carbocycles. The highest BCUT2D eigenvalue weighted by molar-refractivity contribution is 9.10. The van der Waals surface area contributed by atoms with Gasteiger partial charge in [-0.05, 0) is 46.8 Å². The van der Waals surface area contributed by atoms with Crippen molar-refractivity contribution >= 4 is 33.4 Å². The molecule has 4 heteroatoms. The summed E-state index contributed by atoms with van der Waals surface area (Å²) in [7, 11) is 0. The Balaban J connectivity index is 2.03. The molecule has 1 saturated heterocycles. The van der Waals surface area contributed by atoms with Gasteiger partial charge in [0.1, 0.15) is 0 Å². The van der Waals surface area contributed by atoms with Gasteiger partial charge >= 0.3 is 0 Å². The Bertz CT molecular complexity index is 455. The number of hydrogen-bond donors (Lipinski definition) is 0. The first-order valence-electron chi connectivity index (χ1n) is 6.86. The molecule has 1 heterocycles. The van der Waals surface area contributed by atoms with Crippen molar-refractivity contribution in [2.45, 2.75) is 32.6 Å². The van der Waals surface area contributed by atoms with Gasteiger partial charge in [0.25, 0.3) is 5.91 Å². The smallest absolute Gasteiger partial charge is 0.255 e. The van der Waals surface area contributed by atoms with E-state index >= 15 is 0 Å². The molecule has 2 rings (SSSR count). The molecule has 0 aliphatic carbocycles. The SMILES string of the molecule is CCCC1CCN(C(=O)c2cccc(Br)c2Cl)CC1. The maximum absolute atomic E-state index is 12.5. The minimum absolute atomic E-state index is 0.0567. The van der Waals surface area contributed by atoms with Crippen LogP contribution in [0.4, 0.5) is 0 Å². The van der Waals surface area contributed by atoms with E-state index in [4.69, 9.17) is 11.6 Å². The number of carbonyl (C=O) groups is 1. The van der Waals surface area contributed by atoms with E-state index in [1.807, 2.05) is 17.0 Å². The van der Waals surface area contributed by atoms with Gasteiger partial charge in [0.05, 0.1) is 10.6 Å². The summed E-state index contributed by atoms with van der Waals surface area (Å²) in [6, 6.07) is 5.51. The number of benzene rings is 1. The summed E-state index contributed by atoms with van der Waals surface area (Å²) in [6.07, 6.45) is 4.74. The standard InChI is InChI=1S/C15H19BrClNO/c1-2-4-11-7-9-18(10-8-11)15(19)12-5-3-6-13(16)14(12)17/h3,5-6,11H,2,4,7-10H2,1H3. The normalized spacial score (nSPS) is 16.7. The molecule has 0 unspecified atom stereocenters. The number of piperidine rings is 1. The van der Waals surface area contributed by atoms with E-state index in [1.165, 1.54) is 12.8 Å². The molecule has 1 aromatic rings. The van der Waals surface area contributed by atoms with Crippen LogP contribution in [0.2, 0.25) is 5.02 Å². The molecule has 0 radical (unpaired) electrons. The van der Waals surface area contributed by atoms with Crippen LogP contribution in [-0.2, 0) is 0 Å². The van der Waals surface area contributed by atoms with Gasteiger partial charge < -0.3 is 4.90 Å². The van der Waals surface area contributed by atoms with Gasteiger partial charge in [-0.25, -0.2) is 0 Å². The average Bonchev–Trinajstić information content (AvgIpc) is 2.42. The van der Waals surface area contributed by atoms with Crippen molar-refractivity contribution in [2.24, 2.45) is 5.92 Å². The Hall–Kier alpha value is -0.540. The first-order chi connectivity index (χ1) is 9.13. The third-order valence-corrected chi connectivity index (χ3v) is 5.08. The number of rotatable bonds is 3. The van der Waals surface area contributed by atoms with Crippen molar-refractivity contribution in [3.8, 4) is 0 Å². The van der Waals surface area contributed by atoms with Gasteiger partial charge in [-0.3, -0.25) is 4.79 Å². The molecule has 1 fully saturated rings. The summed E-state index contributed by atoms with van der Waals surface area (Å²) in [5.74, 6) is 0.841. The predicted molar refractivity (Wildman–Crippen MR) is 82.7 cm³/mol. The molecule has 0 saturated carbocycles. The highest BCUT2D eigenvalue weighted by Gasteiger charge is 2.24. The van der Waals surface area contributed by atoms with Crippen LogP contribution >= 0.6 is 27.5 Å². The molecule has 0 aromatic heterocycles. The van der Waals surface area contributed by atoms with Crippen LogP contribution in [0, 0.1) is 5.92 Å². The highest BCUT2D eigenvalue weighted by Crippen LogP contribution is 2.29. The maximum Gasteiger partial charge on any atom is 0.255 e. The van der Waals surface area contributed by atoms with E-state index in [1.54, 1.807) is 6.07 Å². The van der Waals surface area contributed by atoms with E-state index in [-0.39, 0.29) is 5.91 Å². The molecule has 1 amide bonds. The topological polar surface area (TPSA) is 20.3 Å². The summed E-state index contributed by atoms with van der Waals surface area (Å²) in [6.45, 7) is 3.93. The molecular weight excluding hydrogens is 326 g/mol. The zero-order chi connectivity index (χ0) is 13.8. The molecule has 1 aliphatic rings. The molecule has 0 spiro atoms. The van der Waals surface area contributed by atoms with Gasteiger partial charge in [-0.15, -0.1) is 0 Å². The number of nitrogens with zero attached hydrogens (tertiary/aromatic N) is 1. The van der Waals surface area contributed by atoms with Crippen molar-refractivity contribution in [3.05, 3.63) is 33.3 Å². The quantitative estimate of drug-likeness (QED) is 0.774. The Labute approximate surface area is 128 Å². The molecule has 104 valence electrons. The summed E-state index contributed by atoms with van der Waals surface area (Å²) >= 11 is 9.56. The van der Waals surface area contributed by atoms with E-state index in [0.29, 0.717) is 10.6 Å². The minimum Gasteiger partial charge on any atom is -0.339 e. The molecular formula is C15H19BrClNO. The fraction of sp³-hybridized carbons (Fsp3) is 0.533. The molecule has 2 nitrogen and oxygen atoms in total. The van der Waals surface area contributed by atoms with Crippen LogP contribution in [0.15, 0.2) is 22.7 Å². The summed E-state index contributed by atoms with van der Waals surface area (Å²) < 4.78 is 0.779. The van der Waals surface area contributed by atoms with Crippen LogP contribution in [0.5, 0.6) is 0 Å². The van der Waals surface area contributed by atoms with Crippen LogP contribution in [0.1, 0.15) is 43.0 Å². The van der Waals surface area contributed by atoms with Crippen LogP contribution in [0.25, 0.3) is 0 Å². The monoisotopic (exact) mass is 343 g/mol. The second kappa shape index (κ2) is 6.76. The molecule has 0 bridgehead atoms. The van der Waals surface area contributed by atoms with Gasteiger partial charge in [0.2, 0.25) is 0 Å². The number of likely N-dealkylation sites (tertiary alicyclic amines) is 1. The predicted octanol–water partition coefficient (Wildman–Crippen LogP) is 4.75. The third-order valence-electron chi connectivity index (χ3n) is 3.78. The minimum atomic E-state index is 0.0567. The van der Waals surface area contributed by atoms with Gasteiger partial charge in [0.15, 0.2) is 0 Å². The van der Waals surface area contributed by atoms with Crippen molar-refractivity contribution in [1.29, 1.82) is 0 Å². The summed E-state index contributed by atoms with van der Waals surface area (Å²) in [5.41, 5.74) is 0.602. The third kappa shape index (κ3) is 3.51. The van der Waals surface area contributed by atoms with Gasteiger partial charge in [-0.1, -0.05) is 37.4 Å². The lowest BCUT2D eigenvalue weighted by atomic mass is 9.92. The second-order valence-electron chi connectivity index (χ2n) is 5.13. The van der Waals surface area contributed by atoms with E-state index in [9.17, 15) is 4.79 Å². The largest absolute Gasteiger partial charge is 0.339 e. The zero-order valence-electron chi connectivity index (χ0n) is 11.2. The number of amides is 1. The highest BCUT2D eigenvalue weighted by atomic mass is 79.9. The average molecular weight is 345 g/mol. The zero-order valence-corrected chi connectivity index (χ0v) is 13.5. The molecule has 0 atom stereocenters.